The third-order valence-corrected chi connectivity index (χ3v) is 11.4. The fraction of sp³-hybridized carbons (Fsp3) is 0.229. The molecule has 0 saturated carbocycles. The Kier molecular flexibility index (Phi) is 11.3. The van der Waals surface area contributed by atoms with Crippen molar-refractivity contribution in [3.05, 3.63) is 111 Å². The van der Waals surface area contributed by atoms with E-state index < -0.39 is 55.4 Å². The van der Waals surface area contributed by atoms with Gasteiger partial charge in [-0.15, -0.1) is 22.7 Å². The molecule has 0 bridgehead atoms. The number of pyridine rings is 2. The molecule has 0 aliphatic carbocycles. The zero-order valence-corrected chi connectivity index (χ0v) is 31.4. The van der Waals surface area contributed by atoms with Crippen LogP contribution in [0, 0.1) is 0 Å². The summed E-state index contributed by atoms with van der Waals surface area (Å²) in [6.07, 6.45) is -9.47. The molecule has 2 aromatic carbocycles. The molecule has 272 valence electrons. The Morgan fingerprint density at radius 2 is 0.981 bits per heavy atom. The van der Waals surface area contributed by atoms with Gasteiger partial charge in [-0.25, -0.2) is 22.4 Å². The molecule has 52 heavy (non-hydrogen) atoms. The van der Waals surface area contributed by atoms with Crippen LogP contribution in [0.25, 0.3) is 42.7 Å². The number of halogens is 8. The van der Waals surface area contributed by atoms with Crippen LogP contribution in [0.3, 0.4) is 0 Å². The van der Waals surface area contributed by atoms with Gasteiger partial charge in [0.05, 0.1) is 44.3 Å². The maximum absolute atomic E-state index is 14.0. The maximum Gasteiger partial charge on any atom is 0.509 e. The van der Waals surface area contributed by atoms with Gasteiger partial charge in [0.25, 0.3) is 24.0 Å². The van der Waals surface area contributed by atoms with Gasteiger partial charge in [0.1, 0.15) is 21.9 Å². The highest BCUT2D eigenvalue weighted by molar-refractivity contribution is 7.17. The average molecular weight is 835 g/mol. The molecule has 4 aromatic heterocycles. The normalized spacial score (nSPS) is 13.0. The van der Waals surface area contributed by atoms with Crippen LogP contribution < -0.4 is 11.1 Å². The van der Waals surface area contributed by atoms with E-state index in [9.17, 15) is 31.9 Å². The van der Waals surface area contributed by atoms with Crippen molar-refractivity contribution in [2.45, 2.75) is 52.0 Å². The topological polar surface area (TPSA) is 79.5 Å². The van der Waals surface area contributed by atoms with Crippen molar-refractivity contribution in [3.63, 3.8) is 0 Å². The van der Waals surface area contributed by atoms with Gasteiger partial charge in [-0.2, -0.15) is 0 Å². The van der Waals surface area contributed by atoms with Gasteiger partial charge in [0, 0.05) is 33.0 Å². The summed E-state index contributed by atoms with van der Waals surface area (Å²) in [5.74, 6) is 0. The van der Waals surface area contributed by atoms with Crippen molar-refractivity contribution in [3.8, 4) is 22.3 Å². The average Bonchev–Trinajstić information content (AvgIpc) is 3.74. The molecule has 6 aromatic rings. The first-order valence-electron chi connectivity index (χ1n) is 15.3. The summed E-state index contributed by atoms with van der Waals surface area (Å²) in [7, 11) is 0. The summed E-state index contributed by atoms with van der Waals surface area (Å²) in [5, 5.41) is 4.10. The number of carbonyl (C=O) groups is 1. The molecular weight excluding hydrogens is 810 g/mol. The smallest absolute Gasteiger partial charge is 0.426 e. The zero-order valence-electron chi connectivity index (χ0n) is 26.8. The summed E-state index contributed by atoms with van der Waals surface area (Å²) >= 11 is 28.2. The Bertz CT molecular complexity index is 2260. The molecule has 0 amide bonds. The van der Waals surface area contributed by atoms with Gasteiger partial charge in [0.2, 0.25) is 0 Å². The predicted molar refractivity (Wildman–Crippen MR) is 199 cm³/mol. The van der Waals surface area contributed by atoms with Gasteiger partial charge >= 0.3 is 6.16 Å². The minimum Gasteiger partial charge on any atom is -0.426 e. The highest BCUT2D eigenvalue weighted by Crippen LogP contribution is 2.44. The molecule has 17 heteroatoms. The maximum atomic E-state index is 14.0. The van der Waals surface area contributed by atoms with Crippen LogP contribution >= 0.6 is 69.1 Å². The van der Waals surface area contributed by atoms with Crippen molar-refractivity contribution >= 4 is 95.7 Å². The summed E-state index contributed by atoms with van der Waals surface area (Å²) in [6, 6.07) is 12.2. The van der Waals surface area contributed by atoms with E-state index in [0.29, 0.717) is 10.8 Å². The molecule has 0 spiro atoms. The van der Waals surface area contributed by atoms with Crippen molar-refractivity contribution < 1.29 is 31.8 Å². The molecule has 0 fully saturated rings. The minimum atomic E-state index is -2.87. The number of hydrogen-bond donors (Lipinski definition) is 0. The number of thiophene rings is 2. The lowest BCUT2D eigenvalue weighted by Gasteiger charge is -2.24. The highest BCUT2D eigenvalue weighted by atomic mass is 35.5. The fourth-order valence-corrected chi connectivity index (χ4v) is 9.25. The number of benzene rings is 2. The Morgan fingerprint density at radius 1 is 0.635 bits per heavy atom. The number of aromatic nitrogens is 2. The number of nitrogens with zero attached hydrogens (tertiary/aromatic N) is 2. The Balaban J connectivity index is 1.45. The largest absolute Gasteiger partial charge is 0.509 e. The summed E-state index contributed by atoms with van der Waals surface area (Å²) in [5.41, 5.74) is -1.54. The van der Waals surface area contributed by atoms with E-state index in [1.54, 1.807) is 35.0 Å². The van der Waals surface area contributed by atoms with Crippen molar-refractivity contribution in [2.24, 2.45) is 0 Å². The van der Waals surface area contributed by atoms with Crippen LogP contribution in [0.4, 0.5) is 22.4 Å². The lowest BCUT2D eigenvalue weighted by molar-refractivity contribution is 0.00715. The SMILES string of the molecule is CC(OC(=O)OC(C)c1c(-c2c(Cl)cccc2Cl)c(=O)n(CC(F)F)c2sccc12)c1c(-c2c(Cl)cccc2Cl)c(=O)n(CC(F)F)c2sccc12. The molecule has 0 N–H and O–H groups in total. The van der Waals surface area contributed by atoms with Crippen molar-refractivity contribution in [2.75, 3.05) is 0 Å². The van der Waals surface area contributed by atoms with Crippen molar-refractivity contribution in [1.29, 1.82) is 0 Å². The lowest BCUT2D eigenvalue weighted by atomic mass is 9.95. The van der Waals surface area contributed by atoms with Crippen LogP contribution in [0.1, 0.15) is 37.2 Å². The molecule has 6 rings (SSSR count). The quantitative estimate of drug-likeness (QED) is 0.101. The first-order valence-corrected chi connectivity index (χ1v) is 18.6. The number of hydrogen-bond acceptors (Lipinski definition) is 7. The lowest BCUT2D eigenvalue weighted by Crippen LogP contribution is -2.28. The molecule has 0 aliphatic heterocycles. The monoisotopic (exact) mass is 832 g/mol. The van der Waals surface area contributed by atoms with Gasteiger partial charge in [-0.3, -0.25) is 18.7 Å². The van der Waals surface area contributed by atoms with E-state index in [1.807, 2.05) is 0 Å². The molecule has 2 unspecified atom stereocenters. The second-order valence-electron chi connectivity index (χ2n) is 11.4. The minimum absolute atomic E-state index is 0.0551. The van der Waals surface area contributed by atoms with Gasteiger partial charge < -0.3 is 9.47 Å². The van der Waals surface area contributed by atoms with Crippen LogP contribution in [-0.2, 0) is 22.6 Å². The number of ether oxygens (including phenoxy) is 2. The van der Waals surface area contributed by atoms with E-state index in [4.69, 9.17) is 55.9 Å². The molecule has 0 radical (unpaired) electrons. The predicted octanol–water partition coefficient (Wildman–Crippen LogP) is 11.9. The molecule has 0 aliphatic rings. The number of fused-ring (bicyclic) bond motifs is 2. The van der Waals surface area contributed by atoms with Crippen LogP contribution in [0.15, 0.2) is 68.9 Å². The van der Waals surface area contributed by atoms with E-state index >= 15 is 0 Å². The highest BCUT2D eigenvalue weighted by Gasteiger charge is 2.32. The second-order valence-corrected chi connectivity index (χ2v) is 14.9. The van der Waals surface area contributed by atoms with E-state index in [2.05, 4.69) is 0 Å². The fourth-order valence-electron chi connectivity index (χ4n) is 6.23. The second kappa shape index (κ2) is 15.4. The van der Waals surface area contributed by atoms with E-state index in [1.165, 1.54) is 38.1 Å². The Hall–Kier alpha value is -3.59. The summed E-state index contributed by atoms with van der Waals surface area (Å²) in [6.45, 7) is 1.10. The summed E-state index contributed by atoms with van der Waals surface area (Å²) in [4.78, 5) is 42.0. The van der Waals surface area contributed by atoms with Gasteiger partial charge in [-0.1, -0.05) is 58.5 Å². The zero-order chi connectivity index (χ0) is 37.6. The van der Waals surface area contributed by atoms with Crippen LogP contribution in [0.2, 0.25) is 20.1 Å². The molecule has 4 heterocycles. The molecular formula is C35H24Cl4F4N2O5S2. The molecule has 2 atom stereocenters. The van der Waals surface area contributed by atoms with Gasteiger partial charge in [0.15, 0.2) is 0 Å². The standard InChI is InChI=1S/C35H24Cl4F4N2O5S2/c1-15(25-17-9-11-51-33(17)44(13-23(40)41)31(46)29(25)27-19(36)5-3-6-20(27)37)49-35(48)50-16(2)26-18-10-12-52-34(18)45(14-24(42)43)32(47)30(26)28-21(38)7-4-8-22(28)39/h3-12,15-16,23-24H,13-14H2,1-2H3. The first-order chi connectivity index (χ1) is 24.7. The molecule has 0 saturated heterocycles. The third kappa shape index (κ3) is 7.06. The van der Waals surface area contributed by atoms with E-state index in [0.717, 1.165) is 31.8 Å². The number of alkyl halides is 4. The summed E-state index contributed by atoms with van der Waals surface area (Å²) < 4.78 is 68.2. The molecule has 7 nitrogen and oxygen atoms in total. The van der Waals surface area contributed by atoms with Crippen LogP contribution in [0.5, 0.6) is 0 Å². The Labute approximate surface area is 320 Å². The Morgan fingerprint density at radius 3 is 1.31 bits per heavy atom. The van der Waals surface area contributed by atoms with Crippen LogP contribution in [-0.4, -0.2) is 28.1 Å². The number of rotatable bonds is 10. The van der Waals surface area contributed by atoms with E-state index in [-0.39, 0.29) is 63.1 Å². The van der Waals surface area contributed by atoms with Gasteiger partial charge in [-0.05, 0) is 61.0 Å². The third-order valence-electron chi connectivity index (χ3n) is 8.24. The van der Waals surface area contributed by atoms with Crippen molar-refractivity contribution in [1.82, 2.24) is 9.13 Å². The number of carbonyl (C=O) groups excluding carboxylic acids is 1. The first kappa shape index (κ1) is 38.1.